The minimum atomic E-state index is -0.243. The van der Waals surface area contributed by atoms with Crippen LogP contribution in [0.2, 0.25) is 0 Å². The zero-order chi connectivity index (χ0) is 14.7. The van der Waals surface area contributed by atoms with Crippen molar-refractivity contribution in [2.24, 2.45) is 0 Å². The first-order chi connectivity index (χ1) is 10.3. The van der Waals surface area contributed by atoms with Crippen LogP contribution in [0.25, 0.3) is 11.5 Å². The van der Waals surface area contributed by atoms with E-state index in [-0.39, 0.29) is 23.4 Å². The largest absolute Gasteiger partial charge is 0.463 e. The van der Waals surface area contributed by atoms with Crippen molar-refractivity contribution in [2.75, 3.05) is 5.73 Å². The fraction of sp³-hybridized carbons (Fsp3) is 0.467. The zero-order valence-corrected chi connectivity index (χ0v) is 11.8. The molecule has 0 radical (unpaired) electrons. The molecule has 1 aliphatic carbocycles. The van der Waals surface area contributed by atoms with E-state index in [9.17, 15) is 4.79 Å². The van der Waals surface area contributed by atoms with Crippen molar-refractivity contribution < 1.29 is 13.7 Å². The Morgan fingerprint density at radius 3 is 2.71 bits per heavy atom. The Morgan fingerprint density at radius 1 is 1.29 bits per heavy atom. The van der Waals surface area contributed by atoms with Gasteiger partial charge in [-0.25, -0.2) is 0 Å². The highest BCUT2D eigenvalue weighted by Crippen LogP contribution is 2.28. The number of nitrogens with one attached hydrogen (secondary N) is 1. The van der Waals surface area contributed by atoms with Crippen LogP contribution < -0.4 is 11.1 Å². The Morgan fingerprint density at radius 2 is 2.05 bits per heavy atom. The maximum atomic E-state index is 12.5. The molecular weight excluding hydrogens is 270 g/mol. The molecule has 3 N–H and O–H groups in total. The minimum Gasteiger partial charge on any atom is -0.463 e. The predicted molar refractivity (Wildman–Crippen MR) is 77.6 cm³/mol. The summed E-state index contributed by atoms with van der Waals surface area (Å²) in [4.78, 5) is 12.5. The van der Waals surface area contributed by atoms with Crippen LogP contribution in [0.3, 0.4) is 0 Å². The van der Waals surface area contributed by atoms with Crippen LogP contribution in [0.4, 0.5) is 5.88 Å². The molecule has 1 saturated carbocycles. The maximum absolute atomic E-state index is 12.5. The normalized spacial score (nSPS) is 16.6. The lowest BCUT2D eigenvalue weighted by Crippen LogP contribution is -2.34. The smallest absolute Gasteiger partial charge is 0.259 e. The van der Waals surface area contributed by atoms with E-state index in [1.165, 1.54) is 19.1 Å². The average Bonchev–Trinajstić information content (AvgIpc) is 3.04. The number of anilines is 1. The van der Waals surface area contributed by atoms with Crippen molar-refractivity contribution >= 4 is 11.8 Å². The lowest BCUT2D eigenvalue weighted by atomic mass is 10.1. The van der Waals surface area contributed by atoms with Gasteiger partial charge in [0, 0.05) is 6.04 Å². The van der Waals surface area contributed by atoms with Gasteiger partial charge in [-0.05, 0) is 25.0 Å². The Balaban J connectivity index is 1.79. The molecule has 6 heteroatoms. The summed E-state index contributed by atoms with van der Waals surface area (Å²) in [5.74, 6) is 0.251. The van der Waals surface area contributed by atoms with E-state index in [4.69, 9.17) is 14.7 Å². The zero-order valence-electron chi connectivity index (χ0n) is 11.8. The summed E-state index contributed by atoms with van der Waals surface area (Å²) < 4.78 is 10.2. The Kier molecular flexibility index (Phi) is 3.94. The number of amides is 1. The molecule has 0 bridgehead atoms. The third-order valence-electron chi connectivity index (χ3n) is 3.89. The fourth-order valence-corrected chi connectivity index (χ4v) is 2.78. The molecule has 0 spiro atoms. The third kappa shape index (κ3) is 2.94. The number of carbonyl (C=O) groups excluding carboxylic acids is 1. The molecule has 0 unspecified atom stereocenters. The van der Waals surface area contributed by atoms with Crippen molar-refractivity contribution in [2.45, 2.75) is 44.6 Å². The first kappa shape index (κ1) is 13.7. The van der Waals surface area contributed by atoms with Gasteiger partial charge in [-0.3, -0.25) is 4.79 Å². The van der Waals surface area contributed by atoms with Gasteiger partial charge in [0.1, 0.15) is 5.56 Å². The highest BCUT2D eigenvalue weighted by Gasteiger charge is 2.26. The van der Waals surface area contributed by atoms with Gasteiger partial charge < -0.3 is 20.0 Å². The number of nitrogens with zero attached hydrogens (tertiary/aromatic N) is 1. The second kappa shape index (κ2) is 6.03. The number of nitrogen functional groups attached to an aromatic ring is 1. The predicted octanol–water partition coefficient (Wildman–Crippen LogP) is 2.97. The maximum Gasteiger partial charge on any atom is 0.259 e. The highest BCUT2D eigenvalue weighted by molar-refractivity contribution is 6.03. The van der Waals surface area contributed by atoms with Crippen LogP contribution in [0.5, 0.6) is 0 Å². The van der Waals surface area contributed by atoms with Crippen molar-refractivity contribution in [3.63, 3.8) is 0 Å². The standard InChI is InChI=1S/C15H19N3O3/c16-14-12(13(18-21-14)11-8-5-9-20-11)15(19)17-10-6-3-1-2-4-7-10/h5,8-10H,1-4,6-7,16H2,(H,17,19). The van der Waals surface area contributed by atoms with Gasteiger partial charge >= 0.3 is 0 Å². The van der Waals surface area contributed by atoms with Crippen molar-refractivity contribution in [3.05, 3.63) is 24.0 Å². The van der Waals surface area contributed by atoms with Crippen LogP contribution in [-0.4, -0.2) is 17.1 Å². The molecule has 2 aromatic rings. The van der Waals surface area contributed by atoms with E-state index >= 15 is 0 Å². The van der Waals surface area contributed by atoms with E-state index in [1.54, 1.807) is 12.1 Å². The van der Waals surface area contributed by atoms with E-state index < -0.39 is 0 Å². The van der Waals surface area contributed by atoms with Crippen molar-refractivity contribution in [1.82, 2.24) is 10.5 Å². The summed E-state index contributed by atoms with van der Waals surface area (Å²) in [7, 11) is 0. The molecule has 1 amide bonds. The molecule has 1 aliphatic rings. The average molecular weight is 289 g/mol. The van der Waals surface area contributed by atoms with Crippen LogP contribution >= 0.6 is 0 Å². The van der Waals surface area contributed by atoms with E-state index in [0.717, 1.165) is 25.7 Å². The van der Waals surface area contributed by atoms with Gasteiger partial charge in [0.2, 0.25) is 5.88 Å². The SMILES string of the molecule is Nc1onc(-c2ccco2)c1C(=O)NC1CCCCCC1. The van der Waals surface area contributed by atoms with Crippen LogP contribution in [0, 0.1) is 0 Å². The van der Waals surface area contributed by atoms with Gasteiger partial charge in [0.15, 0.2) is 11.5 Å². The van der Waals surface area contributed by atoms with Crippen molar-refractivity contribution in [3.8, 4) is 11.5 Å². The number of furan rings is 1. The first-order valence-corrected chi connectivity index (χ1v) is 7.35. The molecule has 0 aliphatic heterocycles. The number of aromatic nitrogens is 1. The summed E-state index contributed by atoms with van der Waals surface area (Å²) >= 11 is 0. The molecule has 2 heterocycles. The molecule has 2 aromatic heterocycles. The summed E-state index contributed by atoms with van der Waals surface area (Å²) in [6.45, 7) is 0. The Hall–Kier alpha value is -2.24. The molecule has 6 nitrogen and oxygen atoms in total. The van der Waals surface area contributed by atoms with E-state index in [1.807, 2.05) is 0 Å². The van der Waals surface area contributed by atoms with Gasteiger partial charge in [0.25, 0.3) is 5.91 Å². The Labute approximate surface area is 122 Å². The monoisotopic (exact) mass is 289 g/mol. The number of hydrogen-bond acceptors (Lipinski definition) is 5. The number of carbonyl (C=O) groups is 1. The first-order valence-electron chi connectivity index (χ1n) is 7.35. The molecule has 112 valence electrons. The molecular formula is C15H19N3O3. The number of nitrogens with two attached hydrogens (primary N) is 1. The summed E-state index contributed by atoms with van der Waals surface area (Å²) in [6.07, 6.45) is 8.30. The fourth-order valence-electron chi connectivity index (χ4n) is 2.78. The van der Waals surface area contributed by atoms with Crippen molar-refractivity contribution in [1.29, 1.82) is 0 Å². The van der Waals surface area contributed by atoms with Gasteiger partial charge in [-0.15, -0.1) is 0 Å². The van der Waals surface area contributed by atoms with E-state index in [2.05, 4.69) is 10.5 Å². The highest BCUT2D eigenvalue weighted by atomic mass is 16.5. The number of rotatable bonds is 3. The lowest BCUT2D eigenvalue weighted by Gasteiger charge is -2.15. The second-order valence-electron chi connectivity index (χ2n) is 5.41. The van der Waals surface area contributed by atoms with Crippen LogP contribution in [0.15, 0.2) is 27.3 Å². The molecule has 0 atom stereocenters. The van der Waals surface area contributed by atoms with Gasteiger partial charge in [-0.2, -0.15) is 0 Å². The van der Waals surface area contributed by atoms with Gasteiger partial charge in [0.05, 0.1) is 6.26 Å². The van der Waals surface area contributed by atoms with E-state index in [0.29, 0.717) is 11.5 Å². The summed E-state index contributed by atoms with van der Waals surface area (Å²) in [5.41, 5.74) is 6.36. The summed E-state index contributed by atoms with van der Waals surface area (Å²) in [6, 6.07) is 3.64. The molecule has 0 aromatic carbocycles. The molecule has 21 heavy (non-hydrogen) atoms. The molecule has 0 saturated heterocycles. The van der Waals surface area contributed by atoms with Gasteiger partial charge in [-0.1, -0.05) is 30.8 Å². The third-order valence-corrected chi connectivity index (χ3v) is 3.89. The van der Waals surface area contributed by atoms with Crippen LogP contribution in [0.1, 0.15) is 48.9 Å². The summed E-state index contributed by atoms with van der Waals surface area (Å²) in [5, 5.41) is 6.88. The topological polar surface area (TPSA) is 94.3 Å². The minimum absolute atomic E-state index is 0.0209. The molecule has 3 rings (SSSR count). The lowest BCUT2D eigenvalue weighted by molar-refractivity contribution is 0.0934. The quantitative estimate of drug-likeness (QED) is 0.847. The van der Waals surface area contributed by atoms with Crippen LogP contribution in [-0.2, 0) is 0 Å². The Bertz CT molecular complexity index is 596. The molecule has 1 fully saturated rings. The second-order valence-corrected chi connectivity index (χ2v) is 5.41. The number of hydrogen-bond donors (Lipinski definition) is 2.